The van der Waals surface area contributed by atoms with E-state index >= 15 is 0 Å². The third-order valence-electron chi connectivity index (χ3n) is 3.54. The Labute approximate surface area is 119 Å². The molecule has 2 rings (SSSR count). The largest absolute Gasteiger partial charge is 0.496 e. The Balaban J connectivity index is 2.34. The van der Waals surface area contributed by atoms with E-state index in [0.717, 1.165) is 22.4 Å². The summed E-state index contributed by atoms with van der Waals surface area (Å²) in [5.41, 5.74) is 3.26. The number of aliphatic hydroxyl groups is 2. The Bertz CT molecular complexity index is 578. The monoisotopic (exact) mass is 272 g/mol. The Morgan fingerprint density at radius 2 is 1.55 bits per heavy atom. The second-order valence-electron chi connectivity index (χ2n) is 4.98. The molecule has 3 nitrogen and oxygen atoms in total. The number of aryl methyl sites for hydroxylation is 2. The normalized spacial score (nSPS) is 13.8. The molecule has 0 aliphatic heterocycles. The van der Waals surface area contributed by atoms with E-state index in [4.69, 9.17) is 4.74 Å². The van der Waals surface area contributed by atoms with Gasteiger partial charge in [0.2, 0.25) is 0 Å². The molecule has 106 valence electrons. The second-order valence-corrected chi connectivity index (χ2v) is 4.98. The first kappa shape index (κ1) is 14.6. The fourth-order valence-corrected chi connectivity index (χ4v) is 2.35. The zero-order chi connectivity index (χ0) is 14.7. The average Bonchev–Trinajstić information content (AvgIpc) is 2.48. The molecule has 0 spiro atoms. The minimum absolute atomic E-state index is 0.702. The van der Waals surface area contributed by atoms with Crippen molar-refractivity contribution in [3.63, 3.8) is 0 Å². The van der Waals surface area contributed by atoms with E-state index in [-0.39, 0.29) is 0 Å². The molecule has 20 heavy (non-hydrogen) atoms. The number of benzene rings is 2. The Morgan fingerprint density at radius 3 is 2.15 bits per heavy atom. The van der Waals surface area contributed by atoms with Gasteiger partial charge in [0.05, 0.1) is 7.11 Å². The quantitative estimate of drug-likeness (QED) is 0.899. The van der Waals surface area contributed by atoms with E-state index in [1.807, 2.05) is 44.2 Å². The summed E-state index contributed by atoms with van der Waals surface area (Å²) >= 11 is 0. The number of hydrogen-bond acceptors (Lipinski definition) is 3. The molecule has 0 saturated heterocycles. The van der Waals surface area contributed by atoms with Gasteiger partial charge in [-0.2, -0.15) is 0 Å². The van der Waals surface area contributed by atoms with Gasteiger partial charge in [-0.25, -0.2) is 0 Å². The molecule has 2 N–H and O–H groups in total. The zero-order valence-corrected chi connectivity index (χ0v) is 12.0. The fourth-order valence-electron chi connectivity index (χ4n) is 2.35. The molecular formula is C17H20O3. The molecule has 0 saturated carbocycles. The molecule has 0 fully saturated rings. The van der Waals surface area contributed by atoms with Crippen molar-refractivity contribution in [1.82, 2.24) is 0 Å². The maximum atomic E-state index is 10.4. The topological polar surface area (TPSA) is 49.7 Å². The number of methoxy groups -OCH3 is 1. The highest BCUT2D eigenvalue weighted by molar-refractivity contribution is 5.43. The minimum Gasteiger partial charge on any atom is -0.496 e. The second kappa shape index (κ2) is 6.07. The van der Waals surface area contributed by atoms with E-state index in [0.29, 0.717) is 5.56 Å². The van der Waals surface area contributed by atoms with Crippen LogP contribution in [0.5, 0.6) is 5.75 Å². The van der Waals surface area contributed by atoms with Crippen LogP contribution in [0.15, 0.2) is 42.5 Å². The maximum Gasteiger partial charge on any atom is 0.122 e. The van der Waals surface area contributed by atoms with Crippen LogP contribution >= 0.6 is 0 Å². The number of rotatable bonds is 4. The van der Waals surface area contributed by atoms with Crippen molar-refractivity contribution in [2.45, 2.75) is 26.1 Å². The van der Waals surface area contributed by atoms with Crippen LogP contribution in [0.1, 0.15) is 34.5 Å². The van der Waals surface area contributed by atoms with Crippen LogP contribution in [0.3, 0.4) is 0 Å². The van der Waals surface area contributed by atoms with E-state index in [1.54, 1.807) is 19.2 Å². The third kappa shape index (κ3) is 2.84. The van der Waals surface area contributed by atoms with Crippen molar-refractivity contribution in [2.24, 2.45) is 0 Å². The molecule has 0 bridgehead atoms. The van der Waals surface area contributed by atoms with E-state index in [2.05, 4.69) is 0 Å². The highest BCUT2D eigenvalue weighted by Crippen LogP contribution is 2.33. The van der Waals surface area contributed by atoms with Crippen LogP contribution in [0, 0.1) is 13.8 Å². The summed E-state index contributed by atoms with van der Waals surface area (Å²) in [4.78, 5) is 0. The first-order chi connectivity index (χ1) is 9.54. The molecule has 0 aliphatic carbocycles. The Hall–Kier alpha value is -1.84. The molecule has 3 heteroatoms. The van der Waals surface area contributed by atoms with Crippen molar-refractivity contribution < 1.29 is 14.9 Å². The fraction of sp³-hybridized carbons (Fsp3) is 0.294. The molecule has 2 aromatic carbocycles. The van der Waals surface area contributed by atoms with Gasteiger partial charge < -0.3 is 14.9 Å². The van der Waals surface area contributed by atoms with Crippen LogP contribution in [0.2, 0.25) is 0 Å². The molecule has 0 radical (unpaired) electrons. The van der Waals surface area contributed by atoms with E-state index in [9.17, 15) is 10.2 Å². The first-order valence-electron chi connectivity index (χ1n) is 6.60. The zero-order valence-electron chi connectivity index (χ0n) is 12.0. The smallest absolute Gasteiger partial charge is 0.122 e. The van der Waals surface area contributed by atoms with Crippen molar-refractivity contribution in [3.05, 3.63) is 64.7 Å². The van der Waals surface area contributed by atoms with Crippen molar-refractivity contribution in [1.29, 1.82) is 0 Å². The van der Waals surface area contributed by atoms with Crippen LogP contribution < -0.4 is 4.74 Å². The van der Waals surface area contributed by atoms with E-state index < -0.39 is 12.2 Å². The lowest BCUT2D eigenvalue weighted by Crippen LogP contribution is -2.12. The summed E-state index contributed by atoms with van der Waals surface area (Å²) in [5, 5.41) is 20.7. The van der Waals surface area contributed by atoms with Gasteiger partial charge in [-0.05, 0) is 48.2 Å². The lowest BCUT2D eigenvalue weighted by molar-refractivity contribution is 0.0168. The molecule has 0 aromatic heterocycles. The first-order valence-corrected chi connectivity index (χ1v) is 6.60. The average molecular weight is 272 g/mol. The Morgan fingerprint density at radius 1 is 0.900 bits per heavy atom. The summed E-state index contributed by atoms with van der Waals surface area (Å²) in [7, 11) is 1.62. The van der Waals surface area contributed by atoms with Crippen LogP contribution in [-0.2, 0) is 0 Å². The highest BCUT2D eigenvalue weighted by atomic mass is 16.5. The molecular weight excluding hydrogens is 252 g/mol. The highest BCUT2D eigenvalue weighted by Gasteiger charge is 2.22. The lowest BCUT2D eigenvalue weighted by atomic mass is 9.93. The number of hydrogen-bond donors (Lipinski definition) is 2. The van der Waals surface area contributed by atoms with Crippen LogP contribution in [0.4, 0.5) is 0 Å². The molecule has 0 amide bonds. The summed E-state index contributed by atoms with van der Waals surface area (Å²) in [6.45, 7) is 3.82. The maximum absolute atomic E-state index is 10.4. The molecule has 2 unspecified atom stereocenters. The Kier molecular flexibility index (Phi) is 4.42. The summed E-state index contributed by atoms with van der Waals surface area (Å²) in [6.07, 6.45) is -1.90. The molecule has 0 heterocycles. The SMILES string of the molecule is COc1cc(C)c(C(O)C(O)c2ccccc2)cc1C. The number of ether oxygens (including phenoxy) is 1. The van der Waals surface area contributed by atoms with Gasteiger partial charge in [0, 0.05) is 0 Å². The summed E-state index contributed by atoms with van der Waals surface area (Å²) in [6, 6.07) is 12.9. The van der Waals surface area contributed by atoms with Gasteiger partial charge in [0.25, 0.3) is 0 Å². The lowest BCUT2D eigenvalue weighted by Gasteiger charge is -2.21. The summed E-state index contributed by atoms with van der Waals surface area (Å²) < 4.78 is 5.26. The predicted molar refractivity (Wildman–Crippen MR) is 78.8 cm³/mol. The van der Waals surface area contributed by atoms with Gasteiger partial charge in [-0.1, -0.05) is 30.3 Å². The van der Waals surface area contributed by atoms with Gasteiger partial charge >= 0.3 is 0 Å². The number of aliphatic hydroxyl groups excluding tert-OH is 2. The van der Waals surface area contributed by atoms with Crippen LogP contribution in [0.25, 0.3) is 0 Å². The van der Waals surface area contributed by atoms with Crippen molar-refractivity contribution >= 4 is 0 Å². The van der Waals surface area contributed by atoms with Gasteiger partial charge in [0.15, 0.2) is 0 Å². The third-order valence-corrected chi connectivity index (χ3v) is 3.54. The standard InChI is InChI=1S/C17H20O3/c1-11-10-15(20-3)12(2)9-14(11)17(19)16(18)13-7-5-4-6-8-13/h4-10,16-19H,1-3H3. The van der Waals surface area contributed by atoms with E-state index in [1.165, 1.54) is 0 Å². The van der Waals surface area contributed by atoms with Gasteiger partial charge in [-0.15, -0.1) is 0 Å². The molecule has 0 aliphatic rings. The van der Waals surface area contributed by atoms with Crippen molar-refractivity contribution in [3.8, 4) is 5.75 Å². The van der Waals surface area contributed by atoms with Gasteiger partial charge in [-0.3, -0.25) is 0 Å². The van der Waals surface area contributed by atoms with Gasteiger partial charge in [0.1, 0.15) is 18.0 Å². The predicted octanol–water partition coefficient (Wildman–Crippen LogP) is 3.08. The van der Waals surface area contributed by atoms with Crippen LogP contribution in [-0.4, -0.2) is 17.3 Å². The summed E-state index contributed by atoms with van der Waals surface area (Å²) in [5.74, 6) is 0.785. The minimum atomic E-state index is -0.956. The molecule has 2 aromatic rings. The van der Waals surface area contributed by atoms with Crippen molar-refractivity contribution in [2.75, 3.05) is 7.11 Å². The molecule has 2 atom stereocenters.